The van der Waals surface area contributed by atoms with Gasteiger partial charge in [0.25, 0.3) is 5.91 Å². The van der Waals surface area contributed by atoms with E-state index < -0.39 is 0 Å². The molecule has 3 aromatic rings. The Morgan fingerprint density at radius 3 is 2.72 bits per heavy atom. The Balaban J connectivity index is 1.58. The molecule has 25 heavy (non-hydrogen) atoms. The summed E-state index contributed by atoms with van der Waals surface area (Å²) in [6.45, 7) is 0.752. The molecule has 0 saturated carbocycles. The molecule has 1 aliphatic heterocycles. The Labute approximate surface area is 151 Å². The van der Waals surface area contributed by atoms with Crippen molar-refractivity contribution in [3.05, 3.63) is 71.0 Å². The summed E-state index contributed by atoms with van der Waals surface area (Å²) in [6, 6.07) is 15.6. The Hall–Kier alpha value is -2.46. The quantitative estimate of drug-likeness (QED) is 0.712. The summed E-state index contributed by atoms with van der Waals surface area (Å²) in [5, 5.41) is 0.757. The third-order valence-corrected chi connectivity index (χ3v) is 5.09. The van der Waals surface area contributed by atoms with Crippen LogP contribution in [0.25, 0.3) is 11.0 Å². The van der Waals surface area contributed by atoms with E-state index in [0.29, 0.717) is 5.69 Å². The van der Waals surface area contributed by atoms with Gasteiger partial charge in [0, 0.05) is 17.6 Å². The zero-order valence-electron chi connectivity index (χ0n) is 13.7. The minimum atomic E-state index is -0.0483. The summed E-state index contributed by atoms with van der Waals surface area (Å²) >= 11 is 6.29. The fourth-order valence-electron chi connectivity index (χ4n) is 3.44. The van der Waals surface area contributed by atoms with E-state index in [-0.39, 0.29) is 11.9 Å². The van der Waals surface area contributed by atoms with Gasteiger partial charge < -0.3 is 4.90 Å². The number of hydrogen-bond acceptors (Lipinski definition) is 3. The van der Waals surface area contributed by atoms with Gasteiger partial charge in [0.2, 0.25) is 0 Å². The second-order valence-electron chi connectivity index (χ2n) is 6.33. The summed E-state index contributed by atoms with van der Waals surface area (Å²) < 4.78 is 0. The van der Waals surface area contributed by atoms with E-state index in [0.717, 1.165) is 47.4 Å². The van der Waals surface area contributed by atoms with Gasteiger partial charge in [0.1, 0.15) is 5.69 Å². The third-order valence-electron chi connectivity index (χ3n) is 4.72. The number of fused-ring (bicyclic) bond motifs is 1. The molecule has 2 aromatic carbocycles. The average Bonchev–Trinajstić information content (AvgIpc) is 3.11. The normalized spacial score (nSPS) is 17.2. The second kappa shape index (κ2) is 6.81. The lowest BCUT2D eigenvalue weighted by molar-refractivity contribution is 0.0730. The van der Waals surface area contributed by atoms with Gasteiger partial charge in [-0.05, 0) is 43.0 Å². The number of likely N-dealkylation sites (tertiary alicyclic amines) is 1. The van der Waals surface area contributed by atoms with Crippen LogP contribution in [0.4, 0.5) is 0 Å². The van der Waals surface area contributed by atoms with E-state index in [2.05, 4.69) is 9.97 Å². The molecular weight excluding hydrogens is 334 g/mol. The highest BCUT2D eigenvalue weighted by Gasteiger charge is 2.30. The maximum Gasteiger partial charge on any atom is 0.274 e. The molecule has 0 spiro atoms. The first kappa shape index (κ1) is 16.0. The lowest BCUT2D eigenvalue weighted by Crippen LogP contribution is -2.37. The van der Waals surface area contributed by atoms with Crippen LogP contribution in [-0.4, -0.2) is 33.4 Å². The summed E-state index contributed by atoms with van der Waals surface area (Å²) in [5.74, 6) is -0.0483. The van der Waals surface area contributed by atoms with Crippen molar-refractivity contribution in [1.82, 2.24) is 14.9 Å². The highest BCUT2D eigenvalue weighted by atomic mass is 35.5. The number of hydrogen-bond donors (Lipinski definition) is 0. The fourth-order valence-corrected chi connectivity index (χ4v) is 3.65. The van der Waals surface area contributed by atoms with Crippen molar-refractivity contribution in [3.8, 4) is 0 Å². The van der Waals surface area contributed by atoms with Crippen molar-refractivity contribution in [2.75, 3.05) is 6.54 Å². The predicted octanol–water partition coefficient (Wildman–Crippen LogP) is 4.13. The van der Waals surface area contributed by atoms with Crippen molar-refractivity contribution in [2.24, 2.45) is 0 Å². The van der Waals surface area contributed by atoms with E-state index in [1.54, 1.807) is 6.20 Å². The molecule has 1 aliphatic rings. The molecule has 0 bridgehead atoms. The monoisotopic (exact) mass is 351 g/mol. The largest absolute Gasteiger partial charge is 0.334 e. The molecule has 1 atom stereocenters. The summed E-state index contributed by atoms with van der Waals surface area (Å²) in [4.78, 5) is 23.8. The maximum atomic E-state index is 13.0. The summed E-state index contributed by atoms with van der Waals surface area (Å²) in [7, 11) is 0. The van der Waals surface area contributed by atoms with Crippen LogP contribution in [0.2, 0.25) is 5.02 Å². The molecule has 1 fully saturated rings. The third kappa shape index (κ3) is 3.22. The van der Waals surface area contributed by atoms with Gasteiger partial charge in [-0.2, -0.15) is 0 Å². The van der Waals surface area contributed by atoms with E-state index in [1.807, 2.05) is 53.4 Å². The van der Waals surface area contributed by atoms with Gasteiger partial charge in [-0.15, -0.1) is 0 Å². The Morgan fingerprint density at radius 2 is 1.88 bits per heavy atom. The number of para-hydroxylation sites is 2. The number of halogens is 1. The molecular formula is C20H18ClN3O. The van der Waals surface area contributed by atoms with Crippen LogP contribution in [0.3, 0.4) is 0 Å². The average molecular weight is 352 g/mol. The predicted molar refractivity (Wildman–Crippen MR) is 98.8 cm³/mol. The van der Waals surface area contributed by atoms with Gasteiger partial charge in [-0.25, -0.2) is 4.98 Å². The first-order chi connectivity index (χ1) is 12.2. The highest BCUT2D eigenvalue weighted by molar-refractivity contribution is 6.31. The molecule has 1 saturated heterocycles. The smallest absolute Gasteiger partial charge is 0.274 e. The topological polar surface area (TPSA) is 46.1 Å². The van der Waals surface area contributed by atoms with Gasteiger partial charge >= 0.3 is 0 Å². The van der Waals surface area contributed by atoms with Crippen molar-refractivity contribution >= 4 is 28.5 Å². The zero-order valence-corrected chi connectivity index (χ0v) is 14.5. The van der Waals surface area contributed by atoms with Crippen molar-refractivity contribution in [1.29, 1.82) is 0 Å². The van der Waals surface area contributed by atoms with E-state index in [9.17, 15) is 4.79 Å². The van der Waals surface area contributed by atoms with Crippen LogP contribution in [0, 0.1) is 0 Å². The highest BCUT2D eigenvalue weighted by Crippen LogP contribution is 2.26. The van der Waals surface area contributed by atoms with Gasteiger partial charge in [-0.1, -0.05) is 41.9 Å². The number of carbonyl (C=O) groups excluding carboxylic acids is 1. The molecule has 1 aromatic heterocycles. The number of amides is 1. The standard InChI is InChI=1S/C20H18ClN3O/c21-16-8-2-1-6-14(16)12-15-7-5-11-24(15)20(25)19-13-22-17-9-3-4-10-18(17)23-19/h1-4,6,8-10,13,15H,5,7,11-12H2. The number of rotatable bonds is 3. The molecule has 5 heteroatoms. The van der Waals surface area contributed by atoms with Gasteiger partial charge in [-0.3, -0.25) is 9.78 Å². The van der Waals surface area contributed by atoms with E-state index >= 15 is 0 Å². The molecule has 4 nitrogen and oxygen atoms in total. The molecule has 1 unspecified atom stereocenters. The first-order valence-electron chi connectivity index (χ1n) is 8.48. The van der Waals surface area contributed by atoms with E-state index in [1.165, 1.54) is 0 Å². The van der Waals surface area contributed by atoms with Crippen molar-refractivity contribution in [2.45, 2.75) is 25.3 Å². The van der Waals surface area contributed by atoms with Crippen LogP contribution in [0.15, 0.2) is 54.7 Å². The lowest BCUT2D eigenvalue weighted by atomic mass is 10.0. The molecule has 0 aliphatic carbocycles. The molecule has 126 valence electrons. The van der Waals surface area contributed by atoms with Gasteiger partial charge in [0.15, 0.2) is 0 Å². The molecule has 1 amide bonds. The molecule has 4 rings (SSSR count). The minimum absolute atomic E-state index is 0.0483. The van der Waals surface area contributed by atoms with E-state index in [4.69, 9.17) is 11.6 Å². The Morgan fingerprint density at radius 1 is 1.12 bits per heavy atom. The number of carbonyl (C=O) groups is 1. The molecule has 0 radical (unpaired) electrons. The SMILES string of the molecule is O=C(c1cnc2ccccc2n1)N1CCCC1Cc1ccccc1Cl. The fraction of sp³-hybridized carbons (Fsp3) is 0.250. The lowest BCUT2D eigenvalue weighted by Gasteiger charge is -2.24. The number of aromatic nitrogens is 2. The maximum absolute atomic E-state index is 13.0. The van der Waals surface area contributed by atoms with Gasteiger partial charge in [0.05, 0.1) is 17.2 Å². The van der Waals surface area contributed by atoms with Crippen LogP contribution in [0.1, 0.15) is 28.9 Å². The molecule has 2 heterocycles. The zero-order chi connectivity index (χ0) is 17.2. The van der Waals surface area contributed by atoms with Crippen LogP contribution in [0.5, 0.6) is 0 Å². The van der Waals surface area contributed by atoms with Crippen molar-refractivity contribution in [3.63, 3.8) is 0 Å². The van der Waals surface area contributed by atoms with Crippen LogP contribution in [-0.2, 0) is 6.42 Å². The van der Waals surface area contributed by atoms with Crippen molar-refractivity contribution < 1.29 is 4.79 Å². The number of nitrogens with zero attached hydrogens (tertiary/aromatic N) is 3. The van der Waals surface area contributed by atoms with Crippen LogP contribution >= 0.6 is 11.6 Å². The Bertz CT molecular complexity index is 927. The molecule has 0 N–H and O–H groups in total. The minimum Gasteiger partial charge on any atom is -0.334 e. The summed E-state index contributed by atoms with van der Waals surface area (Å²) in [5.41, 5.74) is 3.03. The summed E-state index contributed by atoms with van der Waals surface area (Å²) in [6.07, 6.45) is 4.34. The first-order valence-corrected chi connectivity index (χ1v) is 8.86. The van der Waals surface area contributed by atoms with Crippen LogP contribution < -0.4 is 0 Å². The Kier molecular flexibility index (Phi) is 4.36. The number of benzene rings is 2. The second-order valence-corrected chi connectivity index (χ2v) is 6.74.